The van der Waals surface area contributed by atoms with E-state index in [2.05, 4.69) is 19.2 Å². The SMILES string of the molecule is CC(C)C(NC(=O)CN(C)Cc1ccc(C(F)(F)F)cc1)c1cccs1. The van der Waals surface area contributed by atoms with Gasteiger partial charge in [-0.05, 0) is 42.1 Å². The van der Waals surface area contributed by atoms with Crippen LogP contribution < -0.4 is 5.32 Å². The second kappa shape index (κ2) is 8.68. The van der Waals surface area contributed by atoms with E-state index in [0.29, 0.717) is 6.54 Å². The number of benzene rings is 1. The fourth-order valence-corrected chi connectivity index (χ4v) is 3.61. The maximum absolute atomic E-state index is 12.6. The number of amides is 1. The zero-order chi connectivity index (χ0) is 19.3. The lowest BCUT2D eigenvalue weighted by atomic mass is 10.0. The third-order valence-electron chi connectivity index (χ3n) is 3.98. The minimum Gasteiger partial charge on any atom is -0.347 e. The molecule has 1 atom stereocenters. The number of thiophene rings is 1. The lowest BCUT2D eigenvalue weighted by molar-refractivity contribution is -0.137. The average molecular weight is 384 g/mol. The molecule has 1 aromatic carbocycles. The summed E-state index contributed by atoms with van der Waals surface area (Å²) in [5.74, 6) is 0.157. The monoisotopic (exact) mass is 384 g/mol. The lowest BCUT2D eigenvalue weighted by Gasteiger charge is -2.23. The zero-order valence-electron chi connectivity index (χ0n) is 15.0. The van der Waals surface area contributed by atoms with Crippen molar-refractivity contribution < 1.29 is 18.0 Å². The van der Waals surface area contributed by atoms with Gasteiger partial charge < -0.3 is 5.32 Å². The molecule has 2 rings (SSSR count). The standard InChI is InChI=1S/C19H23F3N2OS/c1-13(2)18(16-5-4-10-26-16)23-17(25)12-24(3)11-14-6-8-15(9-7-14)19(20,21)22/h4-10,13,18H,11-12H2,1-3H3,(H,23,25). The van der Waals surface area contributed by atoms with E-state index in [1.54, 1.807) is 23.3 Å². The Balaban J connectivity index is 1.90. The number of nitrogens with one attached hydrogen (secondary N) is 1. The van der Waals surface area contributed by atoms with Gasteiger partial charge in [-0.2, -0.15) is 13.2 Å². The summed E-state index contributed by atoms with van der Waals surface area (Å²) in [6.45, 7) is 4.68. The molecular formula is C19H23F3N2OS. The molecule has 0 aliphatic heterocycles. The van der Waals surface area contributed by atoms with Gasteiger partial charge in [0.05, 0.1) is 18.2 Å². The highest BCUT2D eigenvalue weighted by molar-refractivity contribution is 7.10. The minimum absolute atomic E-state index is 0.0398. The van der Waals surface area contributed by atoms with E-state index in [-0.39, 0.29) is 24.4 Å². The Hall–Kier alpha value is -1.86. The first-order valence-corrected chi connectivity index (χ1v) is 9.22. The third-order valence-corrected chi connectivity index (χ3v) is 4.94. The van der Waals surface area contributed by atoms with Crippen LogP contribution in [0.1, 0.15) is 35.9 Å². The molecule has 0 saturated carbocycles. The topological polar surface area (TPSA) is 32.3 Å². The van der Waals surface area contributed by atoms with Crippen molar-refractivity contribution in [2.75, 3.05) is 13.6 Å². The number of hydrogen-bond acceptors (Lipinski definition) is 3. The van der Waals surface area contributed by atoms with Crippen molar-refractivity contribution in [1.29, 1.82) is 0 Å². The van der Waals surface area contributed by atoms with Gasteiger partial charge in [0, 0.05) is 11.4 Å². The molecule has 142 valence electrons. The molecule has 0 bridgehead atoms. The van der Waals surface area contributed by atoms with Gasteiger partial charge in [-0.15, -0.1) is 11.3 Å². The summed E-state index contributed by atoms with van der Waals surface area (Å²) in [5.41, 5.74) is 0.0596. The third kappa shape index (κ3) is 5.85. The Morgan fingerprint density at radius 1 is 1.19 bits per heavy atom. The van der Waals surface area contributed by atoms with Gasteiger partial charge in [0.15, 0.2) is 0 Å². The molecule has 3 nitrogen and oxygen atoms in total. The minimum atomic E-state index is -4.34. The molecule has 1 unspecified atom stereocenters. The van der Waals surface area contributed by atoms with Crippen LogP contribution in [-0.2, 0) is 17.5 Å². The van der Waals surface area contributed by atoms with E-state index in [9.17, 15) is 18.0 Å². The van der Waals surface area contributed by atoms with Crippen LogP contribution in [-0.4, -0.2) is 24.4 Å². The first-order chi connectivity index (χ1) is 12.2. The number of likely N-dealkylation sites (N-methyl/N-ethyl adjacent to an activating group) is 1. The molecular weight excluding hydrogens is 361 g/mol. The normalized spacial score (nSPS) is 13.2. The summed E-state index contributed by atoms with van der Waals surface area (Å²) >= 11 is 1.61. The summed E-state index contributed by atoms with van der Waals surface area (Å²) < 4.78 is 37.8. The first-order valence-electron chi connectivity index (χ1n) is 8.34. The molecule has 1 heterocycles. The van der Waals surface area contributed by atoms with E-state index in [1.807, 2.05) is 17.5 Å². The van der Waals surface area contributed by atoms with E-state index in [1.165, 1.54) is 12.1 Å². The Labute approximate surface area is 155 Å². The molecule has 0 aliphatic carbocycles. The van der Waals surface area contributed by atoms with E-state index >= 15 is 0 Å². The van der Waals surface area contributed by atoms with Crippen molar-refractivity contribution in [3.8, 4) is 0 Å². The van der Waals surface area contributed by atoms with Gasteiger partial charge in [0.2, 0.25) is 5.91 Å². The summed E-state index contributed by atoms with van der Waals surface area (Å²) in [7, 11) is 1.77. The first kappa shape index (κ1) is 20.5. The molecule has 1 N–H and O–H groups in total. The van der Waals surface area contributed by atoms with Crippen LogP contribution in [0.3, 0.4) is 0 Å². The molecule has 0 aliphatic rings. The maximum Gasteiger partial charge on any atom is 0.416 e. The highest BCUT2D eigenvalue weighted by atomic mass is 32.1. The smallest absolute Gasteiger partial charge is 0.347 e. The van der Waals surface area contributed by atoms with Crippen molar-refractivity contribution in [3.05, 3.63) is 57.8 Å². The Morgan fingerprint density at radius 3 is 2.35 bits per heavy atom. The predicted octanol–water partition coefficient (Wildman–Crippen LogP) is 4.71. The maximum atomic E-state index is 12.6. The fraction of sp³-hybridized carbons (Fsp3) is 0.421. The Morgan fingerprint density at radius 2 is 1.85 bits per heavy atom. The van der Waals surface area contributed by atoms with Crippen LogP contribution in [0.2, 0.25) is 0 Å². The molecule has 0 fully saturated rings. The molecule has 0 saturated heterocycles. The summed E-state index contributed by atoms with van der Waals surface area (Å²) in [4.78, 5) is 15.2. The second-order valence-corrected chi connectivity index (χ2v) is 7.65. The van der Waals surface area contributed by atoms with Crippen LogP contribution in [0.25, 0.3) is 0 Å². The molecule has 26 heavy (non-hydrogen) atoms. The van der Waals surface area contributed by atoms with Crippen molar-refractivity contribution in [3.63, 3.8) is 0 Å². The van der Waals surface area contributed by atoms with Crippen molar-refractivity contribution >= 4 is 17.2 Å². The van der Waals surface area contributed by atoms with Crippen LogP contribution in [0.4, 0.5) is 13.2 Å². The number of rotatable bonds is 7. The van der Waals surface area contributed by atoms with E-state index < -0.39 is 11.7 Å². The van der Waals surface area contributed by atoms with Crippen molar-refractivity contribution in [2.45, 2.75) is 32.6 Å². The number of carbonyl (C=O) groups is 1. The molecule has 2 aromatic rings. The van der Waals surface area contributed by atoms with Crippen molar-refractivity contribution in [2.24, 2.45) is 5.92 Å². The number of halogens is 3. The predicted molar refractivity (Wildman–Crippen MR) is 97.8 cm³/mol. The van der Waals surface area contributed by atoms with E-state index in [4.69, 9.17) is 0 Å². The largest absolute Gasteiger partial charge is 0.416 e. The molecule has 1 amide bonds. The Bertz CT molecular complexity index is 697. The molecule has 0 radical (unpaired) electrons. The van der Waals surface area contributed by atoms with Crippen molar-refractivity contribution in [1.82, 2.24) is 10.2 Å². The van der Waals surface area contributed by atoms with Crippen LogP contribution >= 0.6 is 11.3 Å². The van der Waals surface area contributed by atoms with Gasteiger partial charge in [0.25, 0.3) is 0 Å². The highest BCUT2D eigenvalue weighted by Crippen LogP contribution is 2.29. The van der Waals surface area contributed by atoms with Crippen LogP contribution in [0.5, 0.6) is 0 Å². The zero-order valence-corrected chi connectivity index (χ0v) is 15.8. The quantitative estimate of drug-likeness (QED) is 0.750. The number of hydrogen-bond donors (Lipinski definition) is 1. The second-order valence-electron chi connectivity index (χ2n) is 6.67. The highest BCUT2D eigenvalue weighted by Gasteiger charge is 2.30. The van der Waals surface area contributed by atoms with Crippen LogP contribution in [0.15, 0.2) is 41.8 Å². The average Bonchev–Trinajstić information content (AvgIpc) is 3.05. The fourth-order valence-electron chi connectivity index (χ4n) is 2.67. The van der Waals surface area contributed by atoms with Gasteiger partial charge >= 0.3 is 6.18 Å². The lowest BCUT2D eigenvalue weighted by Crippen LogP contribution is -2.38. The summed E-state index contributed by atoms with van der Waals surface area (Å²) in [6, 6.07) is 8.94. The number of nitrogens with zero attached hydrogens (tertiary/aromatic N) is 1. The summed E-state index contributed by atoms with van der Waals surface area (Å²) in [6.07, 6.45) is -4.34. The number of carbonyl (C=O) groups excluding carboxylic acids is 1. The van der Waals surface area contributed by atoms with Crippen LogP contribution in [0, 0.1) is 5.92 Å². The number of alkyl halides is 3. The van der Waals surface area contributed by atoms with Gasteiger partial charge in [-0.1, -0.05) is 32.0 Å². The summed E-state index contributed by atoms with van der Waals surface area (Å²) in [5, 5.41) is 5.03. The van der Waals surface area contributed by atoms with Gasteiger partial charge in [0.1, 0.15) is 0 Å². The molecule has 0 spiro atoms. The van der Waals surface area contributed by atoms with E-state index in [0.717, 1.165) is 22.6 Å². The van der Waals surface area contributed by atoms with Gasteiger partial charge in [-0.25, -0.2) is 0 Å². The molecule has 1 aromatic heterocycles. The van der Waals surface area contributed by atoms with Gasteiger partial charge in [-0.3, -0.25) is 9.69 Å². The molecule has 7 heteroatoms. The Kier molecular flexibility index (Phi) is 6.83.